The van der Waals surface area contributed by atoms with Crippen molar-refractivity contribution in [2.75, 3.05) is 23.8 Å². The number of aromatic nitrogens is 2. The Bertz CT molecular complexity index is 637. The van der Waals surface area contributed by atoms with Crippen molar-refractivity contribution in [2.45, 2.75) is 40.5 Å². The van der Waals surface area contributed by atoms with Gasteiger partial charge in [0.1, 0.15) is 5.82 Å². The highest BCUT2D eigenvalue weighted by molar-refractivity contribution is 5.60. The van der Waals surface area contributed by atoms with Gasteiger partial charge in [0.05, 0.1) is 0 Å². The van der Waals surface area contributed by atoms with Crippen LogP contribution in [0.25, 0.3) is 0 Å². The zero-order valence-electron chi connectivity index (χ0n) is 14.3. The fraction of sp³-hybridized carbons (Fsp3) is 0.444. The number of rotatable bonds is 6. The molecular formula is C18H26N4. The smallest absolute Gasteiger partial charge is 0.229 e. The van der Waals surface area contributed by atoms with Gasteiger partial charge in [0.25, 0.3) is 0 Å². The van der Waals surface area contributed by atoms with Crippen molar-refractivity contribution in [3.8, 4) is 0 Å². The quantitative estimate of drug-likeness (QED) is 0.859. The minimum absolute atomic E-state index is 0.659. The molecule has 0 aliphatic heterocycles. The molecule has 0 atom stereocenters. The second-order valence-electron chi connectivity index (χ2n) is 5.91. The van der Waals surface area contributed by atoms with Gasteiger partial charge >= 0.3 is 0 Å². The lowest BCUT2D eigenvalue weighted by Crippen LogP contribution is -2.20. The first-order chi connectivity index (χ1) is 10.5. The summed E-state index contributed by atoms with van der Waals surface area (Å²) in [5, 5.41) is 3.36. The van der Waals surface area contributed by atoms with Crippen LogP contribution in [-0.4, -0.2) is 23.6 Å². The van der Waals surface area contributed by atoms with E-state index in [1.54, 1.807) is 0 Å². The lowest BCUT2D eigenvalue weighted by Gasteiger charge is -2.19. The molecule has 0 bridgehead atoms. The fourth-order valence-electron chi connectivity index (χ4n) is 2.30. The molecule has 1 N–H and O–H groups in total. The van der Waals surface area contributed by atoms with Gasteiger partial charge in [-0.1, -0.05) is 25.5 Å². The van der Waals surface area contributed by atoms with Gasteiger partial charge in [0, 0.05) is 31.0 Å². The Morgan fingerprint density at radius 1 is 1.09 bits per heavy atom. The minimum atomic E-state index is 0.659. The zero-order chi connectivity index (χ0) is 16.1. The third kappa shape index (κ3) is 4.20. The van der Waals surface area contributed by atoms with Crippen LogP contribution in [0.4, 0.5) is 17.5 Å². The van der Waals surface area contributed by atoms with Gasteiger partial charge in [0.15, 0.2) is 0 Å². The normalized spacial score (nSPS) is 10.6. The summed E-state index contributed by atoms with van der Waals surface area (Å²) in [6.45, 7) is 9.40. The van der Waals surface area contributed by atoms with E-state index in [1.807, 2.05) is 13.0 Å². The van der Waals surface area contributed by atoms with Crippen LogP contribution >= 0.6 is 0 Å². The van der Waals surface area contributed by atoms with E-state index < -0.39 is 0 Å². The lowest BCUT2D eigenvalue weighted by atomic mass is 10.1. The number of hydrogen-bond donors (Lipinski definition) is 1. The average Bonchev–Trinajstić information content (AvgIpc) is 2.48. The Morgan fingerprint density at radius 3 is 2.59 bits per heavy atom. The summed E-state index contributed by atoms with van der Waals surface area (Å²) in [5.41, 5.74) is 4.45. The summed E-state index contributed by atoms with van der Waals surface area (Å²) in [6, 6.07) is 8.38. The summed E-state index contributed by atoms with van der Waals surface area (Å²) in [5.74, 6) is 1.63. The average molecular weight is 298 g/mol. The molecule has 0 saturated heterocycles. The first-order valence-corrected chi connectivity index (χ1v) is 7.90. The van der Waals surface area contributed by atoms with Crippen LogP contribution in [0.1, 0.15) is 36.6 Å². The van der Waals surface area contributed by atoms with Crippen molar-refractivity contribution in [1.29, 1.82) is 0 Å². The van der Waals surface area contributed by atoms with E-state index in [-0.39, 0.29) is 0 Å². The molecule has 1 aromatic heterocycles. The van der Waals surface area contributed by atoms with E-state index in [2.05, 4.69) is 66.2 Å². The molecule has 0 radical (unpaired) electrons. The molecule has 0 saturated carbocycles. The first-order valence-electron chi connectivity index (χ1n) is 7.90. The number of unbranched alkanes of at least 4 members (excludes halogenated alkanes) is 1. The summed E-state index contributed by atoms with van der Waals surface area (Å²) in [4.78, 5) is 11.4. The standard InChI is InChI=1S/C18H26N4/c1-6-7-10-22(5)17-12-15(4)19-18(21-17)20-16-11-13(2)8-9-14(16)3/h8-9,11-12H,6-7,10H2,1-5H3,(H,19,20,21). The molecule has 4 nitrogen and oxygen atoms in total. The number of nitrogens with one attached hydrogen (secondary N) is 1. The molecule has 1 aromatic carbocycles. The molecule has 4 heteroatoms. The van der Waals surface area contributed by atoms with Crippen LogP contribution in [0.5, 0.6) is 0 Å². The van der Waals surface area contributed by atoms with E-state index in [1.165, 1.54) is 24.0 Å². The molecular weight excluding hydrogens is 272 g/mol. The van der Waals surface area contributed by atoms with Gasteiger partial charge in [-0.05, 0) is 44.4 Å². The van der Waals surface area contributed by atoms with Crippen LogP contribution in [0.3, 0.4) is 0 Å². The molecule has 0 aliphatic carbocycles. The van der Waals surface area contributed by atoms with Crippen molar-refractivity contribution < 1.29 is 0 Å². The number of benzene rings is 1. The molecule has 2 aromatic rings. The van der Waals surface area contributed by atoms with Crippen molar-refractivity contribution in [3.63, 3.8) is 0 Å². The predicted molar refractivity (Wildman–Crippen MR) is 94.1 cm³/mol. The Morgan fingerprint density at radius 2 is 1.86 bits per heavy atom. The van der Waals surface area contributed by atoms with Gasteiger partial charge in [0.2, 0.25) is 5.95 Å². The fourth-order valence-corrected chi connectivity index (χ4v) is 2.30. The Hall–Kier alpha value is -2.10. The predicted octanol–water partition coefficient (Wildman–Crippen LogP) is 4.38. The highest BCUT2D eigenvalue weighted by Gasteiger charge is 2.08. The molecule has 1 heterocycles. The highest BCUT2D eigenvalue weighted by Crippen LogP contribution is 2.21. The second kappa shape index (κ2) is 7.25. The Kier molecular flexibility index (Phi) is 5.36. The van der Waals surface area contributed by atoms with Crippen molar-refractivity contribution in [1.82, 2.24) is 9.97 Å². The molecule has 22 heavy (non-hydrogen) atoms. The van der Waals surface area contributed by atoms with E-state index >= 15 is 0 Å². The Balaban J connectivity index is 2.24. The summed E-state index contributed by atoms with van der Waals surface area (Å²) < 4.78 is 0. The summed E-state index contributed by atoms with van der Waals surface area (Å²) in [6.07, 6.45) is 2.35. The number of aryl methyl sites for hydroxylation is 3. The van der Waals surface area contributed by atoms with Gasteiger partial charge in [-0.2, -0.15) is 4.98 Å². The van der Waals surface area contributed by atoms with E-state index in [9.17, 15) is 0 Å². The first kappa shape index (κ1) is 16.3. The summed E-state index contributed by atoms with van der Waals surface area (Å²) >= 11 is 0. The van der Waals surface area contributed by atoms with Crippen LogP contribution in [0, 0.1) is 20.8 Å². The van der Waals surface area contributed by atoms with Gasteiger partial charge < -0.3 is 10.2 Å². The molecule has 0 aliphatic rings. The number of nitrogens with zero attached hydrogens (tertiary/aromatic N) is 3. The number of anilines is 3. The van der Waals surface area contributed by atoms with Gasteiger partial charge in [-0.3, -0.25) is 0 Å². The largest absolute Gasteiger partial charge is 0.360 e. The molecule has 118 valence electrons. The van der Waals surface area contributed by atoms with Gasteiger partial charge in [-0.15, -0.1) is 0 Å². The summed E-state index contributed by atoms with van der Waals surface area (Å²) in [7, 11) is 2.08. The molecule has 0 fully saturated rings. The van der Waals surface area contributed by atoms with Crippen LogP contribution < -0.4 is 10.2 Å². The van der Waals surface area contributed by atoms with Crippen molar-refractivity contribution in [3.05, 3.63) is 41.1 Å². The van der Waals surface area contributed by atoms with Gasteiger partial charge in [-0.25, -0.2) is 4.98 Å². The molecule has 0 spiro atoms. The highest BCUT2D eigenvalue weighted by atomic mass is 15.2. The third-order valence-electron chi connectivity index (χ3n) is 3.72. The molecule has 0 unspecified atom stereocenters. The second-order valence-corrected chi connectivity index (χ2v) is 5.91. The van der Waals surface area contributed by atoms with E-state index in [0.29, 0.717) is 5.95 Å². The lowest BCUT2D eigenvalue weighted by molar-refractivity contribution is 0.758. The topological polar surface area (TPSA) is 41.1 Å². The van der Waals surface area contributed by atoms with Crippen LogP contribution in [0.2, 0.25) is 0 Å². The maximum absolute atomic E-state index is 4.66. The maximum atomic E-state index is 4.66. The SMILES string of the molecule is CCCCN(C)c1cc(C)nc(Nc2cc(C)ccc2C)n1. The molecule has 2 rings (SSSR count). The maximum Gasteiger partial charge on any atom is 0.229 e. The minimum Gasteiger partial charge on any atom is -0.360 e. The van der Waals surface area contributed by atoms with Crippen molar-refractivity contribution >= 4 is 17.5 Å². The Labute approximate surface area is 133 Å². The van der Waals surface area contributed by atoms with E-state index in [4.69, 9.17) is 0 Å². The third-order valence-corrected chi connectivity index (χ3v) is 3.72. The molecule has 0 amide bonds. The van der Waals surface area contributed by atoms with Crippen LogP contribution in [-0.2, 0) is 0 Å². The van der Waals surface area contributed by atoms with Crippen molar-refractivity contribution in [2.24, 2.45) is 0 Å². The zero-order valence-corrected chi connectivity index (χ0v) is 14.3. The van der Waals surface area contributed by atoms with E-state index in [0.717, 1.165) is 23.7 Å². The van der Waals surface area contributed by atoms with Crippen LogP contribution in [0.15, 0.2) is 24.3 Å². The number of hydrogen-bond acceptors (Lipinski definition) is 4. The monoisotopic (exact) mass is 298 g/mol.